The molecule has 2 nitrogen and oxygen atoms in total. The largest absolute Gasteiger partial charge is 0.497 e. The highest BCUT2D eigenvalue weighted by Crippen LogP contribution is 2.21. The number of thioether (sulfide) groups is 1. The Hall–Kier alpha value is -0.670. The Morgan fingerprint density at radius 1 is 1.35 bits per heavy atom. The van der Waals surface area contributed by atoms with E-state index in [0.29, 0.717) is 0 Å². The Morgan fingerprint density at radius 2 is 2.12 bits per heavy atom. The fourth-order valence-electron chi connectivity index (χ4n) is 1.50. The molecule has 1 atom stereocenters. The van der Waals surface area contributed by atoms with Gasteiger partial charge in [-0.15, -0.1) is 0 Å². The van der Waals surface area contributed by atoms with Gasteiger partial charge in [0, 0.05) is 11.8 Å². The average Bonchev–Trinajstić information content (AvgIpc) is 2.34. The first-order chi connectivity index (χ1) is 8.13. The van der Waals surface area contributed by atoms with Crippen molar-refractivity contribution in [2.45, 2.75) is 26.3 Å². The van der Waals surface area contributed by atoms with Gasteiger partial charge in [0.2, 0.25) is 0 Å². The van der Waals surface area contributed by atoms with Crippen LogP contribution in [0.15, 0.2) is 24.3 Å². The van der Waals surface area contributed by atoms with Crippen LogP contribution in [0.1, 0.15) is 31.9 Å². The smallest absolute Gasteiger partial charge is 0.119 e. The minimum absolute atomic E-state index is 0.0993. The summed E-state index contributed by atoms with van der Waals surface area (Å²) in [6.45, 7) is 4.51. The molecule has 0 radical (unpaired) electrons. The Balaban J connectivity index is 2.38. The van der Waals surface area contributed by atoms with Crippen LogP contribution in [0.5, 0.6) is 5.75 Å². The number of rotatable bonds is 7. The van der Waals surface area contributed by atoms with Crippen LogP contribution in [0, 0.1) is 5.92 Å². The Labute approximate surface area is 109 Å². The van der Waals surface area contributed by atoms with Gasteiger partial charge >= 0.3 is 0 Å². The summed E-state index contributed by atoms with van der Waals surface area (Å²) in [7, 11) is 1.68. The van der Waals surface area contributed by atoms with Crippen LogP contribution in [-0.2, 0) is 0 Å². The van der Waals surface area contributed by atoms with E-state index in [1.165, 1.54) is 12.2 Å². The predicted octanol–water partition coefficient (Wildman–Crippen LogP) is 3.47. The second kappa shape index (κ2) is 7.62. The van der Waals surface area contributed by atoms with E-state index in [1.54, 1.807) is 7.11 Å². The quantitative estimate of drug-likeness (QED) is 0.756. The van der Waals surface area contributed by atoms with Crippen molar-refractivity contribution in [3.05, 3.63) is 29.8 Å². The molecular formula is C14H23NOS. The summed E-state index contributed by atoms with van der Waals surface area (Å²) < 4.78 is 5.20. The maximum absolute atomic E-state index is 6.16. The highest BCUT2D eigenvalue weighted by Gasteiger charge is 2.07. The lowest BCUT2D eigenvalue weighted by Gasteiger charge is -2.13. The lowest BCUT2D eigenvalue weighted by atomic mass is 10.1. The van der Waals surface area contributed by atoms with E-state index in [-0.39, 0.29) is 6.04 Å². The molecule has 3 heteroatoms. The molecule has 2 N–H and O–H groups in total. The topological polar surface area (TPSA) is 35.2 Å². The van der Waals surface area contributed by atoms with Gasteiger partial charge in [-0.1, -0.05) is 26.0 Å². The summed E-state index contributed by atoms with van der Waals surface area (Å²) in [4.78, 5) is 0. The second-order valence-electron chi connectivity index (χ2n) is 4.64. The summed E-state index contributed by atoms with van der Waals surface area (Å²) in [5.74, 6) is 3.82. The summed E-state index contributed by atoms with van der Waals surface area (Å²) in [5.41, 5.74) is 7.31. The molecule has 1 aromatic carbocycles. The predicted molar refractivity (Wildman–Crippen MR) is 76.7 cm³/mol. The van der Waals surface area contributed by atoms with Gasteiger partial charge in [0.15, 0.2) is 0 Å². The van der Waals surface area contributed by atoms with E-state index in [0.717, 1.165) is 23.0 Å². The zero-order chi connectivity index (χ0) is 12.7. The third-order valence-corrected chi connectivity index (χ3v) is 3.78. The van der Waals surface area contributed by atoms with Crippen LogP contribution >= 0.6 is 11.8 Å². The second-order valence-corrected chi connectivity index (χ2v) is 5.79. The van der Waals surface area contributed by atoms with Gasteiger partial charge in [0.25, 0.3) is 0 Å². The summed E-state index contributed by atoms with van der Waals surface area (Å²) in [6.07, 6.45) is 1.26. The van der Waals surface area contributed by atoms with Gasteiger partial charge in [-0.05, 0) is 35.8 Å². The molecule has 1 unspecified atom stereocenters. The number of methoxy groups -OCH3 is 1. The molecule has 17 heavy (non-hydrogen) atoms. The van der Waals surface area contributed by atoms with Gasteiger partial charge in [-0.2, -0.15) is 11.8 Å². The molecule has 0 aliphatic carbocycles. The first kappa shape index (κ1) is 14.4. The van der Waals surface area contributed by atoms with E-state index in [9.17, 15) is 0 Å². The van der Waals surface area contributed by atoms with Crippen molar-refractivity contribution in [2.75, 3.05) is 18.6 Å². The normalized spacial score (nSPS) is 12.8. The van der Waals surface area contributed by atoms with Gasteiger partial charge < -0.3 is 10.5 Å². The molecule has 1 aromatic rings. The minimum atomic E-state index is 0.0993. The van der Waals surface area contributed by atoms with Crippen molar-refractivity contribution < 1.29 is 4.74 Å². The Bertz CT molecular complexity index is 328. The minimum Gasteiger partial charge on any atom is -0.497 e. The van der Waals surface area contributed by atoms with Crippen LogP contribution in [0.25, 0.3) is 0 Å². The molecule has 0 heterocycles. The van der Waals surface area contributed by atoms with E-state index in [4.69, 9.17) is 10.5 Å². The molecule has 0 bridgehead atoms. The Morgan fingerprint density at radius 3 is 2.76 bits per heavy atom. The standard InChI is InChI=1S/C14H23NOS/c1-11(2)7-8-17-10-14(15)12-5-4-6-13(9-12)16-3/h4-6,9,11,14H,7-8,10,15H2,1-3H3. The number of ether oxygens (including phenoxy) is 1. The molecule has 0 amide bonds. The maximum atomic E-state index is 6.16. The monoisotopic (exact) mass is 253 g/mol. The molecule has 0 aliphatic rings. The molecule has 1 rings (SSSR count). The fourth-order valence-corrected chi connectivity index (χ4v) is 2.75. The van der Waals surface area contributed by atoms with Crippen LogP contribution in [0.4, 0.5) is 0 Å². The van der Waals surface area contributed by atoms with Crippen LogP contribution in [0.2, 0.25) is 0 Å². The van der Waals surface area contributed by atoms with Crippen molar-refractivity contribution in [2.24, 2.45) is 11.7 Å². The molecule has 0 saturated heterocycles. The third kappa shape index (κ3) is 5.46. The first-order valence-electron chi connectivity index (χ1n) is 6.10. The number of hydrogen-bond donors (Lipinski definition) is 1. The van der Waals surface area contributed by atoms with Crippen LogP contribution in [-0.4, -0.2) is 18.6 Å². The third-order valence-electron chi connectivity index (χ3n) is 2.66. The first-order valence-corrected chi connectivity index (χ1v) is 7.26. The summed E-state index contributed by atoms with van der Waals surface area (Å²) in [5, 5.41) is 0. The molecule has 96 valence electrons. The number of nitrogens with two attached hydrogens (primary N) is 1. The highest BCUT2D eigenvalue weighted by atomic mass is 32.2. The average molecular weight is 253 g/mol. The van der Waals surface area contributed by atoms with E-state index >= 15 is 0 Å². The van der Waals surface area contributed by atoms with Crippen molar-refractivity contribution >= 4 is 11.8 Å². The number of benzene rings is 1. The molecule has 0 fully saturated rings. The van der Waals surface area contributed by atoms with Crippen molar-refractivity contribution in [1.29, 1.82) is 0 Å². The van der Waals surface area contributed by atoms with Gasteiger partial charge in [-0.3, -0.25) is 0 Å². The molecular weight excluding hydrogens is 230 g/mol. The maximum Gasteiger partial charge on any atom is 0.119 e. The zero-order valence-electron chi connectivity index (χ0n) is 11.0. The fraction of sp³-hybridized carbons (Fsp3) is 0.571. The van der Waals surface area contributed by atoms with Crippen molar-refractivity contribution in [1.82, 2.24) is 0 Å². The van der Waals surface area contributed by atoms with Crippen molar-refractivity contribution in [3.63, 3.8) is 0 Å². The molecule has 0 aliphatic heterocycles. The highest BCUT2D eigenvalue weighted by molar-refractivity contribution is 7.99. The van der Waals surface area contributed by atoms with Gasteiger partial charge in [-0.25, -0.2) is 0 Å². The van der Waals surface area contributed by atoms with E-state index in [1.807, 2.05) is 30.0 Å². The SMILES string of the molecule is COc1cccc(C(N)CSCCC(C)C)c1. The van der Waals surface area contributed by atoms with E-state index < -0.39 is 0 Å². The van der Waals surface area contributed by atoms with Gasteiger partial charge in [0.05, 0.1) is 7.11 Å². The summed E-state index contributed by atoms with van der Waals surface area (Å²) in [6, 6.07) is 8.13. The van der Waals surface area contributed by atoms with Crippen molar-refractivity contribution in [3.8, 4) is 5.75 Å². The molecule has 0 spiro atoms. The van der Waals surface area contributed by atoms with Gasteiger partial charge in [0.1, 0.15) is 5.75 Å². The van der Waals surface area contributed by atoms with E-state index in [2.05, 4.69) is 19.9 Å². The Kier molecular flexibility index (Phi) is 6.45. The van der Waals surface area contributed by atoms with Crippen LogP contribution in [0.3, 0.4) is 0 Å². The number of hydrogen-bond acceptors (Lipinski definition) is 3. The molecule has 0 aromatic heterocycles. The lowest BCUT2D eigenvalue weighted by molar-refractivity contribution is 0.414. The zero-order valence-corrected chi connectivity index (χ0v) is 11.8. The summed E-state index contributed by atoms with van der Waals surface area (Å²) >= 11 is 1.93. The lowest BCUT2D eigenvalue weighted by Crippen LogP contribution is -2.13. The van der Waals surface area contributed by atoms with Crippen LogP contribution < -0.4 is 10.5 Å². The molecule has 0 saturated carbocycles.